The minimum absolute atomic E-state index is 0. The Morgan fingerprint density at radius 1 is 0.615 bits per heavy atom. The van der Waals surface area contributed by atoms with Crippen molar-refractivity contribution in [3.8, 4) is 0 Å². The lowest BCUT2D eigenvalue weighted by molar-refractivity contribution is -0.141. The molecule has 13 heteroatoms. The molecule has 0 amide bonds. The number of carbonyl (C=O) groups excluding carboxylic acids is 3. The van der Waals surface area contributed by atoms with Crippen LogP contribution >= 0.6 is 45.6 Å². The zero-order valence-corrected chi connectivity index (χ0v) is 35.7. The Bertz CT molecular complexity index is 1880. The van der Waals surface area contributed by atoms with E-state index in [-0.39, 0.29) is 64.7 Å². The zero-order valence-electron chi connectivity index (χ0n) is 31.6. The van der Waals surface area contributed by atoms with Crippen molar-refractivity contribution in [2.75, 3.05) is 27.2 Å². The number of rotatable bonds is 15. The van der Waals surface area contributed by atoms with Crippen LogP contribution in [0.2, 0.25) is 0 Å². The molecule has 4 heterocycles. The molecule has 0 unspecified atom stereocenters. The summed E-state index contributed by atoms with van der Waals surface area (Å²) in [5, 5.41) is 0. The van der Waals surface area contributed by atoms with Gasteiger partial charge in [0.05, 0.1) is 44.1 Å². The third-order valence-electron chi connectivity index (χ3n) is 9.85. The second kappa shape index (κ2) is 20.1. The van der Waals surface area contributed by atoms with Gasteiger partial charge in [-0.15, -0.1) is 45.6 Å². The fourth-order valence-electron chi connectivity index (χ4n) is 6.65. The standard InChI is InChI=1S/C39H49ClN4O6.2BrH/c1-21-25(5)41-34(28(21)11-14-38(46)49-8)20-36-29(12-15-39(47)50-9)23(3)33(44-36)19-35-30(16-17-40)24(4)32(43-35)18-31-22(2)27(26(6)42-31)10-13-37(45)48-7;;/h18,20,41-42H,10-17,19H2,1-9H3;2*1H/b32-18+,36-20-;;. The van der Waals surface area contributed by atoms with Crippen molar-refractivity contribution in [2.24, 2.45) is 9.98 Å². The highest BCUT2D eigenvalue weighted by Gasteiger charge is 2.28. The maximum atomic E-state index is 12.2. The van der Waals surface area contributed by atoms with Gasteiger partial charge < -0.3 is 24.2 Å². The van der Waals surface area contributed by atoms with E-state index >= 15 is 0 Å². The summed E-state index contributed by atoms with van der Waals surface area (Å²) >= 11 is 6.31. The molecule has 0 atom stereocenters. The molecule has 0 fully saturated rings. The topological polar surface area (TPSA) is 135 Å². The number of aryl methyl sites for hydroxylation is 2. The molecule has 0 saturated heterocycles. The summed E-state index contributed by atoms with van der Waals surface area (Å²) in [7, 11) is 4.19. The van der Waals surface area contributed by atoms with Crippen LogP contribution in [0.5, 0.6) is 0 Å². The van der Waals surface area contributed by atoms with Gasteiger partial charge in [-0.3, -0.25) is 24.4 Å². The van der Waals surface area contributed by atoms with Gasteiger partial charge in [0.25, 0.3) is 0 Å². The van der Waals surface area contributed by atoms with Crippen molar-refractivity contribution in [1.82, 2.24) is 9.97 Å². The van der Waals surface area contributed by atoms with Gasteiger partial charge >= 0.3 is 17.9 Å². The molecular weight excluding hydrogens is 816 g/mol. The molecule has 2 aliphatic rings. The van der Waals surface area contributed by atoms with Crippen LogP contribution in [0.4, 0.5) is 0 Å². The Hall–Kier alpha value is -3.48. The zero-order chi connectivity index (χ0) is 36.7. The highest BCUT2D eigenvalue weighted by Crippen LogP contribution is 2.37. The number of nitrogens with zero attached hydrogens (tertiary/aromatic N) is 2. The number of hydrogen-bond donors (Lipinski definition) is 2. The molecule has 0 radical (unpaired) electrons. The molecule has 2 aliphatic heterocycles. The summed E-state index contributed by atoms with van der Waals surface area (Å²) in [6.07, 6.45) is 7.65. The highest BCUT2D eigenvalue weighted by atomic mass is 79.9. The van der Waals surface area contributed by atoms with E-state index in [1.165, 1.54) is 21.3 Å². The lowest BCUT2D eigenvalue weighted by Gasteiger charge is -2.08. The Balaban J connectivity index is 0.00000468. The van der Waals surface area contributed by atoms with E-state index in [9.17, 15) is 14.4 Å². The summed E-state index contributed by atoms with van der Waals surface area (Å²) in [4.78, 5) is 53.3. The summed E-state index contributed by atoms with van der Waals surface area (Å²) in [5.41, 5.74) is 15.8. The Kier molecular flexibility index (Phi) is 17.3. The monoisotopic (exact) mass is 864 g/mol. The summed E-state index contributed by atoms with van der Waals surface area (Å²) in [6.45, 7) is 12.2. The molecule has 0 bridgehead atoms. The number of aromatic amines is 2. The molecule has 284 valence electrons. The van der Waals surface area contributed by atoms with E-state index in [4.69, 9.17) is 35.8 Å². The second-order valence-corrected chi connectivity index (χ2v) is 13.1. The van der Waals surface area contributed by atoms with Crippen LogP contribution < -0.4 is 0 Å². The first-order valence-electron chi connectivity index (χ1n) is 16.9. The molecule has 4 rings (SSSR count). The lowest BCUT2D eigenvalue weighted by Crippen LogP contribution is -2.10. The molecular formula is C39H51Br2ClN4O6. The van der Waals surface area contributed by atoms with E-state index in [1.807, 2.05) is 33.8 Å². The number of allylic oxidation sites excluding steroid dienone is 4. The van der Waals surface area contributed by atoms with Crippen LogP contribution in [-0.4, -0.2) is 66.5 Å². The fourth-order valence-corrected chi connectivity index (χ4v) is 6.84. The summed E-state index contributed by atoms with van der Waals surface area (Å²) < 4.78 is 14.7. The lowest BCUT2D eigenvalue weighted by atomic mass is 9.95. The van der Waals surface area contributed by atoms with E-state index in [0.29, 0.717) is 44.4 Å². The average Bonchev–Trinajstić information content (AvgIpc) is 3.74. The van der Waals surface area contributed by atoms with Crippen LogP contribution in [0.15, 0.2) is 43.7 Å². The number of H-pyrrole nitrogens is 2. The van der Waals surface area contributed by atoms with Crippen molar-refractivity contribution in [2.45, 2.75) is 92.9 Å². The molecule has 10 nitrogen and oxygen atoms in total. The first-order chi connectivity index (χ1) is 23.8. The van der Waals surface area contributed by atoms with Crippen molar-refractivity contribution >= 4 is 87.0 Å². The van der Waals surface area contributed by atoms with Gasteiger partial charge in [0.1, 0.15) is 0 Å². The minimum atomic E-state index is -0.287. The average molecular weight is 867 g/mol. The van der Waals surface area contributed by atoms with E-state index in [0.717, 1.165) is 90.1 Å². The number of ether oxygens (including phenoxy) is 3. The maximum absolute atomic E-state index is 12.2. The van der Waals surface area contributed by atoms with Gasteiger partial charge in [0, 0.05) is 54.3 Å². The predicted molar refractivity (Wildman–Crippen MR) is 219 cm³/mol. The normalized spacial score (nSPS) is 15.5. The largest absolute Gasteiger partial charge is 0.469 e. The van der Waals surface area contributed by atoms with Crippen LogP contribution in [0.25, 0.3) is 12.2 Å². The fraction of sp³-hybridized carbons (Fsp3) is 0.462. The second-order valence-electron chi connectivity index (χ2n) is 12.8. The van der Waals surface area contributed by atoms with E-state index < -0.39 is 0 Å². The maximum Gasteiger partial charge on any atom is 0.305 e. The van der Waals surface area contributed by atoms with Gasteiger partial charge in [0.2, 0.25) is 0 Å². The van der Waals surface area contributed by atoms with Gasteiger partial charge in [-0.1, -0.05) is 0 Å². The van der Waals surface area contributed by atoms with Gasteiger partial charge in [-0.25, -0.2) is 0 Å². The first-order valence-corrected chi connectivity index (χ1v) is 17.5. The van der Waals surface area contributed by atoms with Crippen LogP contribution in [0, 0.1) is 27.7 Å². The molecule has 0 aliphatic carbocycles. The Labute approximate surface area is 332 Å². The van der Waals surface area contributed by atoms with Gasteiger partial charge in [-0.2, -0.15) is 0 Å². The molecule has 2 aromatic heterocycles. The van der Waals surface area contributed by atoms with Gasteiger partial charge in [0.15, 0.2) is 0 Å². The SMILES string of the molecule is Br.Br.COC(=O)CCC1=C(C)C(CC2=N/C(=C/c3[nH]c(C)c(CCC(=O)OC)c3C)C(C)=C2CCCl)=N/C1=C\c1[nH]c(C)c(C)c1CCC(=O)OC. The molecule has 0 saturated carbocycles. The molecule has 0 spiro atoms. The quantitative estimate of drug-likeness (QED) is 0.104. The molecule has 2 N–H and O–H groups in total. The van der Waals surface area contributed by atoms with Crippen molar-refractivity contribution in [3.63, 3.8) is 0 Å². The third kappa shape index (κ3) is 10.3. The molecule has 0 aromatic carbocycles. The number of aromatic nitrogens is 2. The summed E-state index contributed by atoms with van der Waals surface area (Å²) in [6, 6.07) is 0. The van der Waals surface area contributed by atoms with Crippen LogP contribution in [0.1, 0.15) is 97.4 Å². The van der Waals surface area contributed by atoms with E-state index in [1.54, 1.807) is 0 Å². The Morgan fingerprint density at radius 2 is 1.13 bits per heavy atom. The number of esters is 3. The number of hydrogen-bond acceptors (Lipinski definition) is 8. The number of methoxy groups -OCH3 is 3. The highest BCUT2D eigenvalue weighted by molar-refractivity contribution is 8.93. The van der Waals surface area contributed by atoms with Crippen molar-refractivity contribution in [1.29, 1.82) is 0 Å². The number of halogens is 3. The number of alkyl halides is 1. The van der Waals surface area contributed by atoms with Crippen molar-refractivity contribution < 1.29 is 28.6 Å². The van der Waals surface area contributed by atoms with E-state index in [2.05, 4.69) is 29.9 Å². The summed E-state index contributed by atoms with van der Waals surface area (Å²) in [5.74, 6) is -0.333. The third-order valence-corrected chi connectivity index (χ3v) is 10.0. The predicted octanol–water partition coefficient (Wildman–Crippen LogP) is 8.84. The molecule has 2 aromatic rings. The van der Waals surface area contributed by atoms with Crippen molar-refractivity contribution in [3.05, 3.63) is 78.7 Å². The van der Waals surface area contributed by atoms with Gasteiger partial charge in [-0.05, 0) is 124 Å². The Morgan fingerprint density at radius 3 is 1.71 bits per heavy atom. The smallest absolute Gasteiger partial charge is 0.305 e. The minimum Gasteiger partial charge on any atom is -0.469 e. The van der Waals surface area contributed by atoms with Crippen LogP contribution in [-0.2, 0) is 41.4 Å². The first kappa shape index (κ1) is 44.7. The van der Waals surface area contributed by atoms with Crippen LogP contribution in [0.3, 0.4) is 0 Å². The number of nitrogens with one attached hydrogen (secondary N) is 2. The number of carbonyl (C=O) groups is 3. The number of aliphatic imine (C=N–C) groups is 2. The molecule has 52 heavy (non-hydrogen) atoms.